The van der Waals surface area contributed by atoms with Crippen molar-refractivity contribution in [1.82, 2.24) is 29.5 Å². The van der Waals surface area contributed by atoms with Crippen molar-refractivity contribution in [2.45, 2.75) is 24.9 Å². The number of carbonyl (C=O) groups excluding carboxylic acids is 1. The predicted molar refractivity (Wildman–Crippen MR) is 153 cm³/mol. The fourth-order valence-electron chi connectivity index (χ4n) is 5.86. The van der Waals surface area contributed by atoms with Crippen molar-refractivity contribution in [2.75, 3.05) is 26.2 Å². The molecule has 9 nitrogen and oxygen atoms in total. The minimum atomic E-state index is -0.00618. The predicted octanol–water partition coefficient (Wildman–Crippen LogP) is 5.12. The minimum Gasteiger partial charge on any atom is -0.346 e. The Labute approximate surface area is 242 Å². The number of nitriles is 2. The number of piperidine rings is 1. The van der Waals surface area contributed by atoms with Gasteiger partial charge in [0.15, 0.2) is 0 Å². The van der Waals surface area contributed by atoms with Crippen LogP contribution >= 0.6 is 31.9 Å². The van der Waals surface area contributed by atoms with Gasteiger partial charge in [-0.25, -0.2) is 4.98 Å². The number of hydrogen-bond donors (Lipinski definition) is 1. The van der Waals surface area contributed by atoms with Gasteiger partial charge in [0.25, 0.3) is 5.91 Å². The lowest BCUT2D eigenvalue weighted by atomic mass is 9.86. The molecule has 0 bridgehead atoms. The molecule has 0 spiro atoms. The number of fused-ring (bicyclic) bond motifs is 1. The number of halogens is 2. The van der Waals surface area contributed by atoms with E-state index in [1.54, 1.807) is 6.20 Å². The maximum Gasteiger partial charge on any atom is 0.253 e. The molecule has 11 heteroatoms. The van der Waals surface area contributed by atoms with Gasteiger partial charge in [0.1, 0.15) is 11.7 Å². The first-order valence-corrected chi connectivity index (χ1v) is 14.3. The zero-order valence-corrected chi connectivity index (χ0v) is 24.1. The second kappa shape index (κ2) is 10.6. The maximum atomic E-state index is 13.2. The summed E-state index contributed by atoms with van der Waals surface area (Å²) in [5.41, 5.74) is 3.63. The lowest BCUT2D eigenvalue weighted by Gasteiger charge is -2.50. The van der Waals surface area contributed by atoms with E-state index in [1.807, 2.05) is 52.4 Å². The molecule has 2 unspecified atom stereocenters. The molecule has 2 aliphatic rings. The van der Waals surface area contributed by atoms with E-state index in [4.69, 9.17) is 0 Å². The quantitative estimate of drug-likeness (QED) is 0.321. The lowest BCUT2D eigenvalue weighted by Crippen LogP contribution is -2.59. The molecule has 3 aromatic heterocycles. The normalized spacial score (nSPS) is 19.9. The van der Waals surface area contributed by atoms with Crippen LogP contribution in [0.1, 0.15) is 34.8 Å². The summed E-state index contributed by atoms with van der Waals surface area (Å²) >= 11 is 6.93. The summed E-state index contributed by atoms with van der Waals surface area (Å²) in [5.74, 6) is 0.0858. The van der Waals surface area contributed by atoms with Gasteiger partial charge in [-0.2, -0.15) is 15.6 Å². The summed E-state index contributed by atoms with van der Waals surface area (Å²) in [4.78, 5) is 25.0. The number of rotatable bonds is 5. The third-order valence-corrected chi connectivity index (χ3v) is 8.69. The minimum absolute atomic E-state index is 0.00618. The molecular formula is C28H24Br2N8O. The van der Waals surface area contributed by atoms with Crippen LogP contribution in [0, 0.1) is 28.6 Å². The Morgan fingerprint density at radius 1 is 1.13 bits per heavy atom. The van der Waals surface area contributed by atoms with E-state index in [2.05, 4.69) is 64.0 Å². The summed E-state index contributed by atoms with van der Waals surface area (Å²) in [5, 5.41) is 24.7. The standard InChI is InChI=1S/C28H24Br2N8O/c29-21-7-18(8-22(30)9-21)28(39)36-6-3-25(17(13-36)1-4-31)37-15-23(16-37)38-14-20(12-35-38)26-19(10-32)11-34-27-24(26)2-5-33-27/h2,5,7-9,11-12,14,17,23,25H,1,3,6,13,15-16H2,(H,33,34). The Morgan fingerprint density at radius 2 is 1.92 bits per heavy atom. The molecular weight excluding hydrogens is 624 g/mol. The van der Waals surface area contributed by atoms with Crippen LogP contribution in [0.25, 0.3) is 22.2 Å². The third-order valence-electron chi connectivity index (χ3n) is 7.77. The Morgan fingerprint density at radius 3 is 2.67 bits per heavy atom. The largest absolute Gasteiger partial charge is 0.346 e. The number of nitrogens with zero attached hydrogens (tertiary/aromatic N) is 7. The van der Waals surface area contributed by atoms with E-state index in [1.165, 1.54) is 0 Å². The van der Waals surface area contributed by atoms with Crippen molar-refractivity contribution in [2.24, 2.45) is 5.92 Å². The average Bonchev–Trinajstić information content (AvgIpc) is 3.57. The first-order chi connectivity index (χ1) is 18.9. The summed E-state index contributed by atoms with van der Waals surface area (Å²) in [6.07, 6.45) is 8.49. The summed E-state index contributed by atoms with van der Waals surface area (Å²) in [7, 11) is 0. The van der Waals surface area contributed by atoms with Gasteiger partial charge in [-0.15, -0.1) is 0 Å². The average molecular weight is 648 g/mol. The van der Waals surface area contributed by atoms with Crippen molar-refractivity contribution in [1.29, 1.82) is 10.5 Å². The highest BCUT2D eigenvalue weighted by Crippen LogP contribution is 2.35. The van der Waals surface area contributed by atoms with Crippen LogP contribution in [0.15, 0.2) is 58.0 Å². The zero-order chi connectivity index (χ0) is 27.1. The van der Waals surface area contributed by atoms with Crippen molar-refractivity contribution < 1.29 is 4.79 Å². The number of hydrogen-bond acceptors (Lipinski definition) is 6. The molecule has 2 atom stereocenters. The van der Waals surface area contributed by atoms with Crippen LogP contribution < -0.4 is 0 Å². The van der Waals surface area contributed by atoms with Gasteiger partial charge >= 0.3 is 0 Å². The number of nitrogens with one attached hydrogen (secondary N) is 1. The third kappa shape index (κ3) is 4.87. The van der Waals surface area contributed by atoms with Crippen LogP contribution in [0.3, 0.4) is 0 Å². The monoisotopic (exact) mass is 646 g/mol. The van der Waals surface area contributed by atoms with Gasteiger partial charge in [0.2, 0.25) is 0 Å². The molecule has 0 saturated carbocycles. The summed E-state index contributed by atoms with van der Waals surface area (Å²) < 4.78 is 3.68. The van der Waals surface area contributed by atoms with E-state index >= 15 is 0 Å². The van der Waals surface area contributed by atoms with Crippen molar-refractivity contribution in [3.05, 3.63) is 69.1 Å². The van der Waals surface area contributed by atoms with Crippen LogP contribution in [0.2, 0.25) is 0 Å². The fourth-order valence-corrected chi connectivity index (χ4v) is 7.15. The molecule has 0 radical (unpaired) electrons. The number of pyridine rings is 1. The highest BCUT2D eigenvalue weighted by atomic mass is 79.9. The topological polar surface area (TPSA) is 118 Å². The molecule has 0 aliphatic carbocycles. The van der Waals surface area contributed by atoms with Gasteiger partial charge in [-0.3, -0.25) is 14.4 Å². The number of benzene rings is 1. The molecule has 1 N–H and O–H groups in total. The van der Waals surface area contributed by atoms with Gasteiger partial charge in [0, 0.05) is 94.2 Å². The van der Waals surface area contributed by atoms with Gasteiger partial charge in [-0.1, -0.05) is 31.9 Å². The molecule has 2 saturated heterocycles. The molecule has 196 valence electrons. The SMILES string of the molecule is N#CCC1CN(C(=O)c2cc(Br)cc(Br)c2)CCC1N1CC(n2cc(-c3c(C#N)cnc4[nH]ccc34)cn2)C1. The van der Waals surface area contributed by atoms with Gasteiger partial charge in [-0.05, 0) is 30.7 Å². The first kappa shape index (κ1) is 25.8. The van der Waals surface area contributed by atoms with Gasteiger partial charge in [0.05, 0.1) is 23.9 Å². The Balaban J connectivity index is 1.14. The smallest absolute Gasteiger partial charge is 0.253 e. The summed E-state index contributed by atoms with van der Waals surface area (Å²) in [6.45, 7) is 2.90. The number of H-pyrrole nitrogens is 1. The molecule has 2 fully saturated rings. The fraction of sp³-hybridized carbons (Fsp3) is 0.321. The van der Waals surface area contributed by atoms with Crippen molar-refractivity contribution >= 4 is 48.8 Å². The van der Waals surface area contributed by atoms with E-state index in [-0.39, 0.29) is 23.9 Å². The lowest BCUT2D eigenvalue weighted by molar-refractivity contribution is -0.00802. The second-order valence-corrected chi connectivity index (χ2v) is 11.9. The Kier molecular flexibility index (Phi) is 6.98. The van der Waals surface area contributed by atoms with E-state index < -0.39 is 0 Å². The highest BCUT2D eigenvalue weighted by Gasteiger charge is 2.41. The van der Waals surface area contributed by atoms with Crippen LogP contribution in [-0.4, -0.2) is 67.7 Å². The highest BCUT2D eigenvalue weighted by molar-refractivity contribution is 9.11. The van der Waals surface area contributed by atoms with Gasteiger partial charge < -0.3 is 9.88 Å². The van der Waals surface area contributed by atoms with E-state index in [0.717, 1.165) is 50.6 Å². The molecule has 39 heavy (non-hydrogen) atoms. The number of aromatic amines is 1. The maximum absolute atomic E-state index is 13.2. The molecule has 4 aromatic rings. The van der Waals surface area contributed by atoms with Crippen LogP contribution in [-0.2, 0) is 0 Å². The zero-order valence-electron chi connectivity index (χ0n) is 20.9. The molecule has 1 aromatic carbocycles. The Bertz CT molecular complexity index is 1620. The molecule has 6 rings (SSSR count). The first-order valence-electron chi connectivity index (χ1n) is 12.7. The number of carbonyl (C=O) groups is 1. The van der Waals surface area contributed by atoms with Crippen LogP contribution in [0.5, 0.6) is 0 Å². The number of likely N-dealkylation sites (tertiary alicyclic amines) is 2. The molecule has 2 aliphatic heterocycles. The van der Waals surface area contributed by atoms with E-state index in [0.29, 0.717) is 30.6 Å². The molecule has 5 heterocycles. The Hall–Kier alpha value is -3.51. The van der Waals surface area contributed by atoms with Crippen LogP contribution in [0.4, 0.5) is 0 Å². The summed E-state index contributed by atoms with van der Waals surface area (Å²) in [6, 6.07) is 12.6. The van der Waals surface area contributed by atoms with E-state index in [9.17, 15) is 15.3 Å². The second-order valence-electron chi connectivity index (χ2n) is 10.1. The molecule has 1 amide bonds. The van der Waals surface area contributed by atoms with Crippen molar-refractivity contribution in [3.63, 3.8) is 0 Å². The number of amides is 1. The number of aromatic nitrogens is 4. The van der Waals surface area contributed by atoms with Crippen molar-refractivity contribution in [3.8, 4) is 23.3 Å².